The lowest BCUT2D eigenvalue weighted by molar-refractivity contribution is -0.145. The third-order valence-corrected chi connectivity index (χ3v) is 2.43. The second kappa shape index (κ2) is 5.73. The first-order valence-electron chi connectivity index (χ1n) is 4.74. The maximum Gasteiger partial charge on any atom is 0.313 e. The van der Waals surface area contributed by atoms with Crippen molar-refractivity contribution in [3.63, 3.8) is 0 Å². The highest BCUT2D eigenvalue weighted by atomic mass is 16.4. The number of carbonyl (C=O) groups is 2. The van der Waals surface area contributed by atoms with Gasteiger partial charge in [-0.3, -0.25) is 9.59 Å². The second-order valence-electron chi connectivity index (χ2n) is 3.58. The zero-order chi connectivity index (χ0) is 10.4. The second-order valence-corrected chi connectivity index (χ2v) is 3.58. The highest BCUT2D eigenvalue weighted by Gasteiger charge is 2.20. The summed E-state index contributed by atoms with van der Waals surface area (Å²) in [6.07, 6.45) is 2.23. The van der Waals surface area contributed by atoms with E-state index >= 15 is 0 Å². The van der Waals surface area contributed by atoms with Gasteiger partial charge in [-0.1, -0.05) is 20.3 Å². The predicted octanol–water partition coefficient (Wildman–Crippen LogP) is 2.10. The Bertz CT molecular complexity index is 187. The molecule has 0 saturated carbocycles. The van der Waals surface area contributed by atoms with Crippen molar-refractivity contribution >= 4 is 11.8 Å². The Hall–Kier alpha value is -0.860. The van der Waals surface area contributed by atoms with E-state index in [1.165, 1.54) is 6.92 Å². The Balaban J connectivity index is 3.81. The van der Waals surface area contributed by atoms with Gasteiger partial charge < -0.3 is 5.11 Å². The molecule has 0 aliphatic heterocycles. The molecule has 0 aromatic rings. The van der Waals surface area contributed by atoms with Crippen molar-refractivity contribution in [2.45, 2.75) is 40.0 Å². The zero-order valence-electron chi connectivity index (χ0n) is 8.54. The van der Waals surface area contributed by atoms with Gasteiger partial charge in [-0.2, -0.15) is 0 Å². The topological polar surface area (TPSA) is 54.4 Å². The van der Waals surface area contributed by atoms with Crippen LogP contribution in [0, 0.1) is 11.8 Å². The summed E-state index contributed by atoms with van der Waals surface area (Å²) in [7, 11) is 0. The standard InChI is InChI=1S/C10H18O3/c1-4-7(2)5-6-9(11)8(3)10(12)13/h7-8H,4-6H2,1-3H3,(H,12,13)/t7-,8+/m0/s1. The summed E-state index contributed by atoms with van der Waals surface area (Å²) in [5.74, 6) is -1.52. The predicted molar refractivity (Wildman–Crippen MR) is 50.5 cm³/mol. The minimum absolute atomic E-state index is 0.159. The van der Waals surface area contributed by atoms with Crippen molar-refractivity contribution in [1.82, 2.24) is 0 Å². The number of rotatable bonds is 6. The molecule has 0 radical (unpaired) electrons. The van der Waals surface area contributed by atoms with Crippen LogP contribution in [-0.4, -0.2) is 16.9 Å². The number of Topliss-reactive ketones (excluding diaryl/α,β-unsaturated/α-hetero) is 1. The van der Waals surface area contributed by atoms with Gasteiger partial charge in [0, 0.05) is 6.42 Å². The molecule has 0 aromatic heterocycles. The van der Waals surface area contributed by atoms with Crippen LogP contribution < -0.4 is 0 Å². The highest BCUT2D eigenvalue weighted by Crippen LogP contribution is 2.12. The molecule has 0 rings (SSSR count). The van der Waals surface area contributed by atoms with Gasteiger partial charge in [-0.25, -0.2) is 0 Å². The first kappa shape index (κ1) is 12.1. The molecule has 0 bridgehead atoms. The molecule has 13 heavy (non-hydrogen) atoms. The number of hydrogen-bond acceptors (Lipinski definition) is 2. The van der Waals surface area contributed by atoms with Crippen molar-refractivity contribution in [3.05, 3.63) is 0 Å². The molecule has 76 valence electrons. The van der Waals surface area contributed by atoms with Crippen LogP contribution in [0.15, 0.2) is 0 Å². The Morgan fingerprint density at radius 1 is 1.31 bits per heavy atom. The Labute approximate surface area is 79.1 Å². The maximum absolute atomic E-state index is 11.2. The summed E-state index contributed by atoms with van der Waals surface area (Å²) < 4.78 is 0. The summed E-state index contributed by atoms with van der Waals surface area (Å²) in [4.78, 5) is 21.7. The molecule has 0 spiro atoms. The summed E-state index contributed by atoms with van der Waals surface area (Å²) in [6.45, 7) is 5.58. The van der Waals surface area contributed by atoms with E-state index in [0.29, 0.717) is 12.3 Å². The molecule has 0 heterocycles. The van der Waals surface area contributed by atoms with Crippen LogP contribution in [0.4, 0.5) is 0 Å². The van der Waals surface area contributed by atoms with Gasteiger partial charge in [-0.15, -0.1) is 0 Å². The molecule has 0 unspecified atom stereocenters. The summed E-state index contributed by atoms with van der Waals surface area (Å²) in [5.41, 5.74) is 0. The van der Waals surface area contributed by atoms with Gasteiger partial charge >= 0.3 is 5.97 Å². The smallest absolute Gasteiger partial charge is 0.313 e. The average molecular weight is 186 g/mol. The average Bonchev–Trinajstić information content (AvgIpc) is 2.11. The minimum Gasteiger partial charge on any atom is -0.481 e. The lowest BCUT2D eigenvalue weighted by Gasteiger charge is -2.08. The quantitative estimate of drug-likeness (QED) is 0.646. The minimum atomic E-state index is -1.02. The van der Waals surface area contributed by atoms with Gasteiger partial charge in [0.05, 0.1) is 0 Å². The van der Waals surface area contributed by atoms with E-state index in [1.54, 1.807) is 0 Å². The van der Waals surface area contributed by atoms with Crippen molar-refractivity contribution in [1.29, 1.82) is 0 Å². The van der Waals surface area contributed by atoms with Gasteiger partial charge in [0.15, 0.2) is 0 Å². The normalized spacial score (nSPS) is 15.0. The number of ketones is 1. The van der Waals surface area contributed by atoms with Crippen LogP contribution in [0.3, 0.4) is 0 Å². The Morgan fingerprint density at radius 2 is 1.85 bits per heavy atom. The fourth-order valence-corrected chi connectivity index (χ4v) is 0.947. The molecule has 0 aliphatic rings. The van der Waals surface area contributed by atoms with E-state index in [1.807, 2.05) is 0 Å². The van der Waals surface area contributed by atoms with E-state index < -0.39 is 11.9 Å². The van der Waals surface area contributed by atoms with Gasteiger partial charge in [0.2, 0.25) is 0 Å². The molecule has 0 aliphatic carbocycles. The van der Waals surface area contributed by atoms with Crippen molar-refractivity contribution in [2.75, 3.05) is 0 Å². The van der Waals surface area contributed by atoms with E-state index in [9.17, 15) is 9.59 Å². The summed E-state index contributed by atoms with van der Waals surface area (Å²) in [6, 6.07) is 0. The van der Waals surface area contributed by atoms with Crippen LogP contribution in [-0.2, 0) is 9.59 Å². The monoisotopic (exact) mass is 186 g/mol. The van der Waals surface area contributed by atoms with Crippen molar-refractivity contribution in [2.24, 2.45) is 11.8 Å². The molecule has 1 N–H and O–H groups in total. The molecule has 0 fully saturated rings. The van der Waals surface area contributed by atoms with Crippen molar-refractivity contribution in [3.8, 4) is 0 Å². The molecule has 0 saturated heterocycles. The van der Waals surface area contributed by atoms with E-state index in [-0.39, 0.29) is 5.78 Å². The Morgan fingerprint density at radius 3 is 2.23 bits per heavy atom. The first-order chi connectivity index (χ1) is 5.99. The largest absolute Gasteiger partial charge is 0.481 e. The lowest BCUT2D eigenvalue weighted by Crippen LogP contribution is -2.20. The number of carboxylic acids is 1. The van der Waals surface area contributed by atoms with E-state index in [2.05, 4.69) is 13.8 Å². The third kappa shape index (κ3) is 4.65. The first-order valence-corrected chi connectivity index (χ1v) is 4.74. The van der Waals surface area contributed by atoms with E-state index in [0.717, 1.165) is 12.8 Å². The number of aliphatic carboxylic acids is 1. The molecule has 3 heteroatoms. The van der Waals surface area contributed by atoms with Crippen molar-refractivity contribution < 1.29 is 14.7 Å². The number of carbonyl (C=O) groups excluding carboxylic acids is 1. The Kier molecular flexibility index (Phi) is 5.35. The summed E-state index contributed by atoms with van der Waals surface area (Å²) >= 11 is 0. The van der Waals surface area contributed by atoms with Crippen LogP contribution in [0.1, 0.15) is 40.0 Å². The highest BCUT2D eigenvalue weighted by molar-refractivity contribution is 5.97. The third-order valence-electron chi connectivity index (χ3n) is 2.43. The molecule has 3 nitrogen and oxygen atoms in total. The fourth-order valence-electron chi connectivity index (χ4n) is 0.947. The van der Waals surface area contributed by atoms with Gasteiger partial charge in [-0.05, 0) is 19.3 Å². The SMILES string of the molecule is CC[C@H](C)CCC(=O)[C@@H](C)C(=O)O. The number of carboxylic acid groups (broad SMARTS) is 1. The molecular formula is C10H18O3. The summed E-state index contributed by atoms with van der Waals surface area (Å²) in [5, 5.41) is 8.55. The van der Waals surface area contributed by atoms with Gasteiger partial charge in [0.25, 0.3) is 0 Å². The molecule has 0 aromatic carbocycles. The molecule has 2 atom stereocenters. The molecular weight excluding hydrogens is 168 g/mol. The van der Waals surface area contributed by atoms with Gasteiger partial charge in [0.1, 0.15) is 11.7 Å². The molecule has 0 amide bonds. The lowest BCUT2D eigenvalue weighted by atomic mass is 9.96. The van der Waals surface area contributed by atoms with Crippen LogP contribution >= 0.6 is 0 Å². The van der Waals surface area contributed by atoms with Crippen LogP contribution in [0.25, 0.3) is 0 Å². The zero-order valence-corrected chi connectivity index (χ0v) is 8.54. The maximum atomic E-state index is 11.2. The van der Waals surface area contributed by atoms with Crippen LogP contribution in [0.2, 0.25) is 0 Å². The fraction of sp³-hybridized carbons (Fsp3) is 0.800. The van der Waals surface area contributed by atoms with Crippen LogP contribution in [0.5, 0.6) is 0 Å². The van der Waals surface area contributed by atoms with E-state index in [4.69, 9.17) is 5.11 Å². The number of hydrogen-bond donors (Lipinski definition) is 1.